The van der Waals surface area contributed by atoms with Crippen molar-refractivity contribution in [2.45, 2.75) is 38.3 Å². The van der Waals surface area contributed by atoms with E-state index in [9.17, 15) is 13.5 Å². The summed E-state index contributed by atoms with van der Waals surface area (Å²) in [5, 5.41) is 10.1. The van der Waals surface area contributed by atoms with Crippen molar-refractivity contribution in [2.24, 2.45) is 5.92 Å². The minimum absolute atomic E-state index is 0.0726. The third-order valence-electron chi connectivity index (χ3n) is 4.96. The van der Waals surface area contributed by atoms with E-state index in [1.54, 1.807) is 0 Å². The Labute approximate surface area is 133 Å². The van der Waals surface area contributed by atoms with Gasteiger partial charge in [-0.3, -0.25) is 4.90 Å². The molecule has 1 aromatic carbocycles. The Morgan fingerprint density at radius 2 is 1.95 bits per heavy atom. The normalized spacial score (nSPS) is 32.2. The van der Waals surface area contributed by atoms with E-state index in [0.717, 1.165) is 25.9 Å². The van der Waals surface area contributed by atoms with Gasteiger partial charge in [0.15, 0.2) is 9.84 Å². The van der Waals surface area contributed by atoms with E-state index in [2.05, 4.69) is 36.1 Å². The maximum Gasteiger partial charge on any atom is 0.154 e. The van der Waals surface area contributed by atoms with Gasteiger partial charge in [-0.25, -0.2) is 8.42 Å². The zero-order valence-electron chi connectivity index (χ0n) is 13.1. The lowest BCUT2D eigenvalue weighted by atomic mass is 9.90. The molecule has 2 aliphatic rings. The van der Waals surface area contributed by atoms with E-state index >= 15 is 0 Å². The fourth-order valence-corrected chi connectivity index (χ4v) is 5.61. The number of aryl methyl sites for hydroxylation is 1. The van der Waals surface area contributed by atoms with E-state index in [4.69, 9.17) is 0 Å². The molecule has 2 heterocycles. The summed E-state index contributed by atoms with van der Waals surface area (Å²) in [5.74, 6) is 0.592. The zero-order valence-corrected chi connectivity index (χ0v) is 13.9. The van der Waals surface area contributed by atoms with Crippen molar-refractivity contribution in [3.63, 3.8) is 0 Å². The Balaban J connectivity index is 1.63. The minimum atomic E-state index is -3.07. The molecule has 2 aliphatic heterocycles. The summed E-state index contributed by atoms with van der Waals surface area (Å²) in [6.07, 6.45) is 2.58. The van der Waals surface area contributed by atoms with Gasteiger partial charge < -0.3 is 5.11 Å². The van der Waals surface area contributed by atoms with Crippen molar-refractivity contribution in [2.75, 3.05) is 24.6 Å². The van der Waals surface area contributed by atoms with Crippen LogP contribution in [0.1, 0.15) is 24.0 Å². The molecule has 0 aliphatic carbocycles. The molecule has 0 saturated carbocycles. The highest BCUT2D eigenvalue weighted by molar-refractivity contribution is 7.91. The van der Waals surface area contributed by atoms with Crippen molar-refractivity contribution in [1.29, 1.82) is 0 Å². The van der Waals surface area contributed by atoms with Crippen LogP contribution in [-0.2, 0) is 16.3 Å². The first-order valence-electron chi connectivity index (χ1n) is 8.11. The van der Waals surface area contributed by atoms with Gasteiger partial charge in [-0.1, -0.05) is 29.8 Å². The molecule has 3 rings (SSSR count). The van der Waals surface area contributed by atoms with Crippen LogP contribution in [0.5, 0.6) is 0 Å². The smallest absolute Gasteiger partial charge is 0.154 e. The van der Waals surface area contributed by atoms with E-state index in [1.807, 2.05) is 0 Å². The fourth-order valence-electron chi connectivity index (χ4n) is 3.78. The maximum absolute atomic E-state index is 11.7. The molecule has 0 spiro atoms. The molecule has 22 heavy (non-hydrogen) atoms. The molecule has 2 fully saturated rings. The molecule has 0 amide bonds. The number of aliphatic hydroxyl groups excluding tert-OH is 1. The number of aliphatic hydroxyl groups is 1. The third-order valence-corrected chi connectivity index (χ3v) is 6.66. The monoisotopic (exact) mass is 323 g/mol. The number of piperidine rings is 1. The third kappa shape index (κ3) is 3.70. The van der Waals surface area contributed by atoms with Gasteiger partial charge in [-0.2, -0.15) is 0 Å². The lowest BCUT2D eigenvalue weighted by molar-refractivity contribution is 0.0535. The molecule has 1 aromatic rings. The second-order valence-electron chi connectivity index (χ2n) is 6.90. The predicted octanol–water partition coefficient (Wildman–Crippen LogP) is 1.41. The highest BCUT2D eigenvalue weighted by Gasteiger charge is 2.41. The van der Waals surface area contributed by atoms with E-state index in [0.29, 0.717) is 5.92 Å². The van der Waals surface area contributed by atoms with Crippen LogP contribution in [-0.4, -0.2) is 55.2 Å². The van der Waals surface area contributed by atoms with Crippen LogP contribution in [0, 0.1) is 12.8 Å². The maximum atomic E-state index is 11.7. The summed E-state index contributed by atoms with van der Waals surface area (Å²) in [5.41, 5.74) is 2.62. The fraction of sp³-hybridized carbons (Fsp3) is 0.647. The van der Waals surface area contributed by atoms with Crippen LogP contribution in [0.15, 0.2) is 24.3 Å². The Kier molecular flexibility index (Phi) is 4.57. The summed E-state index contributed by atoms with van der Waals surface area (Å²) >= 11 is 0. The van der Waals surface area contributed by atoms with Crippen molar-refractivity contribution >= 4 is 9.84 Å². The van der Waals surface area contributed by atoms with Crippen LogP contribution >= 0.6 is 0 Å². The number of hydrogen-bond donors (Lipinski definition) is 1. The van der Waals surface area contributed by atoms with Crippen molar-refractivity contribution in [3.8, 4) is 0 Å². The first-order chi connectivity index (χ1) is 10.4. The molecule has 2 saturated heterocycles. The quantitative estimate of drug-likeness (QED) is 0.914. The van der Waals surface area contributed by atoms with Gasteiger partial charge in [0, 0.05) is 6.54 Å². The summed E-state index contributed by atoms with van der Waals surface area (Å²) < 4.78 is 23.4. The first-order valence-corrected chi connectivity index (χ1v) is 9.93. The van der Waals surface area contributed by atoms with Gasteiger partial charge in [-0.15, -0.1) is 0 Å². The Morgan fingerprint density at radius 1 is 1.23 bits per heavy atom. The molecule has 5 heteroatoms. The number of rotatable bonds is 3. The van der Waals surface area contributed by atoms with Crippen molar-refractivity contribution in [3.05, 3.63) is 35.4 Å². The number of nitrogens with zero attached hydrogens (tertiary/aromatic N) is 1. The molecule has 0 bridgehead atoms. The van der Waals surface area contributed by atoms with Gasteiger partial charge in [-0.05, 0) is 44.2 Å². The van der Waals surface area contributed by atoms with Gasteiger partial charge in [0.1, 0.15) is 0 Å². The van der Waals surface area contributed by atoms with Crippen LogP contribution in [0.2, 0.25) is 0 Å². The average molecular weight is 323 g/mol. The van der Waals surface area contributed by atoms with Gasteiger partial charge in [0.2, 0.25) is 0 Å². The number of likely N-dealkylation sites (tertiary alicyclic amines) is 1. The Morgan fingerprint density at radius 3 is 2.59 bits per heavy atom. The molecular formula is C17H25NO3S. The number of benzene rings is 1. The standard InChI is InChI=1S/C17H25NO3S/c1-13-4-6-14(7-5-13)9-15-3-2-8-18(10-15)16-11-22(20,21)12-17(16)19/h4-7,15-17,19H,2-3,8-12H2,1H3/t15-,16-,17-/m0/s1. The van der Waals surface area contributed by atoms with Crippen molar-refractivity contribution in [1.82, 2.24) is 4.90 Å². The van der Waals surface area contributed by atoms with Gasteiger partial charge in [0.25, 0.3) is 0 Å². The lowest BCUT2D eigenvalue weighted by Crippen LogP contribution is -2.48. The van der Waals surface area contributed by atoms with Gasteiger partial charge in [0.05, 0.1) is 23.7 Å². The molecule has 0 radical (unpaired) electrons. The van der Waals surface area contributed by atoms with Crippen LogP contribution in [0.4, 0.5) is 0 Å². The largest absolute Gasteiger partial charge is 0.390 e. The summed E-state index contributed by atoms with van der Waals surface area (Å²) in [4.78, 5) is 2.21. The number of hydrogen-bond acceptors (Lipinski definition) is 4. The van der Waals surface area contributed by atoms with Gasteiger partial charge >= 0.3 is 0 Å². The van der Waals surface area contributed by atoms with Crippen LogP contribution in [0.25, 0.3) is 0 Å². The van der Waals surface area contributed by atoms with Crippen LogP contribution < -0.4 is 0 Å². The summed E-state index contributed by atoms with van der Waals surface area (Å²) in [6, 6.07) is 8.45. The molecular weight excluding hydrogens is 298 g/mol. The Bertz CT molecular complexity index is 611. The molecule has 1 N–H and O–H groups in total. The minimum Gasteiger partial charge on any atom is -0.390 e. The summed E-state index contributed by atoms with van der Waals surface area (Å²) in [6.45, 7) is 3.89. The van der Waals surface area contributed by atoms with Crippen molar-refractivity contribution < 1.29 is 13.5 Å². The lowest BCUT2D eigenvalue weighted by Gasteiger charge is -2.37. The molecule has 122 valence electrons. The topological polar surface area (TPSA) is 57.6 Å². The average Bonchev–Trinajstić information content (AvgIpc) is 2.75. The molecule has 3 atom stereocenters. The zero-order chi connectivity index (χ0) is 15.7. The molecule has 0 unspecified atom stereocenters. The highest BCUT2D eigenvalue weighted by Crippen LogP contribution is 2.26. The second-order valence-corrected chi connectivity index (χ2v) is 9.06. The van der Waals surface area contributed by atoms with E-state index < -0.39 is 15.9 Å². The highest BCUT2D eigenvalue weighted by atomic mass is 32.2. The van der Waals surface area contributed by atoms with Crippen LogP contribution in [0.3, 0.4) is 0 Å². The van der Waals surface area contributed by atoms with E-state index in [-0.39, 0.29) is 17.5 Å². The molecule has 4 nitrogen and oxygen atoms in total. The molecule has 0 aromatic heterocycles. The number of sulfone groups is 1. The Hall–Kier alpha value is -0.910. The second kappa shape index (κ2) is 6.30. The van der Waals surface area contributed by atoms with E-state index in [1.165, 1.54) is 17.5 Å². The first kappa shape index (κ1) is 16.0. The predicted molar refractivity (Wildman–Crippen MR) is 87.6 cm³/mol. The SMILES string of the molecule is Cc1ccc(C[C@@H]2CCCN([C@H]3CS(=O)(=O)C[C@@H]3O)C2)cc1. The summed E-state index contributed by atoms with van der Waals surface area (Å²) in [7, 11) is -3.07.